The third-order valence-corrected chi connectivity index (χ3v) is 3.92. The molecule has 2 aliphatic heterocycles. The van der Waals surface area contributed by atoms with Crippen molar-refractivity contribution in [1.29, 1.82) is 0 Å². The molecule has 4 nitrogen and oxygen atoms in total. The maximum absolute atomic E-state index is 5.52. The van der Waals surface area contributed by atoms with Crippen molar-refractivity contribution in [1.82, 2.24) is 9.78 Å². The summed E-state index contributed by atoms with van der Waals surface area (Å²) in [5.74, 6) is 2.34. The van der Waals surface area contributed by atoms with Crippen LogP contribution in [0.4, 0.5) is 5.82 Å². The first-order chi connectivity index (χ1) is 8.25. The first-order valence-electron chi connectivity index (χ1n) is 6.67. The third kappa shape index (κ3) is 1.95. The fraction of sp³-hybridized carbons (Fsp3) is 0.769. The van der Waals surface area contributed by atoms with Crippen molar-refractivity contribution < 1.29 is 4.74 Å². The average Bonchev–Trinajstić information content (AvgIpc) is 2.97. The van der Waals surface area contributed by atoms with Gasteiger partial charge < -0.3 is 10.1 Å². The van der Waals surface area contributed by atoms with E-state index in [-0.39, 0.29) is 0 Å². The third-order valence-electron chi connectivity index (χ3n) is 3.92. The number of anilines is 1. The zero-order valence-corrected chi connectivity index (χ0v) is 10.6. The van der Waals surface area contributed by atoms with Gasteiger partial charge in [-0.2, -0.15) is 5.10 Å². The number of fused-ring (bicyclic) bond motifs is 1. The van der Waals surface area contributed by atoms with Crippen LogP contribution in [0.3, 0.4) is 0 Å². The molecule has 0 saturated carbocycles. The summed E-state index contributed by atoms with van der Waals surface area (Å²) in [5.41, 5.74) is 1.19. The summed E-state index contributed by atoms with van der Waals surface area (Å²) < 4.78 is 7.72. The number of hydrogen-bond donors (Lipinski definition) is 1. The predicted octanol–water partition coefficient (Wildman–Crippen LogP) is 2.40. The Morgan fingerprint density at radius 2 is 2.35 bits per heavy atom. The van der Waals surface area contributed by atoms with Crippen molar-refractivity contribution in [2.24, 2.45) is 5.92 Å². The molecule has 3 rings (SSSR count). The van der Waals surface area contributed by atoms with Gasteiger partial charge in [-0.25, -0.2) is 4.68 Å². The Morgan fingerprint density at radius 3 is 3.06 bits per heavy atom. The Bertz CT molecular complexity index is 393. The van der Waals surface area contributed by atoms with E-state index >= 15 is 0 Å². The van der Waals surface area contributed by atoms with Gasteiger partial charge in [0.15, 0.2) is 0 Å². The molecule has 1 N–H and O–H groups in total. The van der Waals surface area contributed by atoms with Gasteiger partial charge in [-0.3, -0.25) is 0 Å². The highest BCUT2D eigenvalue weighted by atomic mass is 16.5. The summed E-state index contributed by atoms with van der Waals surface area (Å²) >= 11 is 0. The molecule has 17 heavy (non-hydrogen) atoms. The molecule has 1 saturated heterocycles. The molecule has 0 amide bonds. The summed E-state index contributed by atoms with van der Waals surface area (Å²) in [6.07, 6.45) is 2.35. The smallest absolute Gasteiger partial charge is 0.124 e. The first kappa shape index (κ1) is 11.1. The van der Waals surface area contributed by atoms with Crippen LogP contribution in [0.25, 0.3) is 0 Å². The van der Waals surface area contributed by atoms with Crippen LogP contribution in [0.1, 0.15) is 44.3 Å². The summed E-state index contributed by atoms with van der Waals surface area (Å²) in [5, 5.41) is 8.23. The maximum Gasteiger partial charge on any atom is 0.124 e. The summed E-state index contributed by atoms with van der Waals surface area (Å²) in [7, 11) is 0. The van der Waals surface area contributed by atoms with Crippen LogP contribution in [-0.2, 0) is 4.74 Å². The van der Waals surface area contributed by atoms with Gasteiger partial charge in [0.05, 0.1) is 18.3 Å². The van der Waals surface area contributed by atoms with E-state index in [9.17, 15) is 0 Å². The Kier molecular flexibility index (Phi) is 2.82. The van der Waals surface area contributed by atoms with Gasteiger partial charge in [-0.05, 0) is 18.8 Å². The van der Waals surface area contributed by atoms with Gasteiger partial charge in [0.1, 0.15) is 5.82 Å². The van der Waals surface area contributed by atoms with Crippen molar-refractivity contribution in [3.63, 3.8) is 0 Å². The number of hydrogen-bond acceptors (Lipinski definition) is 3. The minimum atomic E-state index is 0.496. The molecule has 2 atom stereocenters. The zero-order valence-electron chi connectivity index (χ0n) is 10.6. The van der Waals surface area contributed by atoms with Crippen molar-refractivity contribution in [2.75, 3.05) is 25.1 Å². The number of aromatic nitrogens is 2. The minimum absolute atomic E-state index is 0.496. The highest BCUT2D eigenvalue weighted by Crippen LogP contribution is 2.35. The highest BCUT2D eigenvalue weighted by molar-refractivity contribution is 5.40. The van der Waals surface area contributed by atoms with Gasteiger partial charge in [-0.1, -0.05) is 13.8 Å². The number of ether oxygens (including phenoxy) is 1. The lowest BCUT2D eigenvalue weighted by atomic mass is 9.95. The fourth-order valence-electron chi connectivity index (χ4n) is 2.84. The van der Waals surface area contributed by atoms with E-state index in [1.165, 1.54) is 24.4 Å². The van der Waals surface area contributed by atoms with Crippen LogP contribution in [-0.4, -0.2) is 29.5 Å². The molecule has 3 heterocycles. The van der Waals surface area contributed by atoms with Gasteiger partial charge in [-0.15, -0.1) is 0 Å². The van der Waals surface area contributed by atoms with Gasteiger partial charge in [0.25, 0.3) is 0 Å². The molecule has 1 aromatic rings. The van der Waals surface area contributed by atoms with Gasteiger partial charge in [0.2, 0.25) is 0 Å². The predicted molar refractivity (Wildman–Crippen MR) is 67.4 cm³/mol. The van der Waals surface area contributed by atoms with Gasteiger partial charge >= 0.3 is 0 Å². The molecule has 0 aromatic carbocycles. The molecule has 1 aromatic heterocycles. The van der Waals surface area contributed by atoms with Crippen LogP contribution < -0.4 is 5.32 Å². The van der Waals surface area contributed by atoms with Crippen LogP contribution >= 0.6 is 0 Å². The molecule has 0 aliphatic carbocycles. The molecule has 94 valence electrons. The quantitative estimate of drug-likeness (QED) is 0.855. The lowest BCUT2D eigenvalue weighted by Crippen LogP contribution is -2.29. The molecule has 0 radical (unpaired) electrons. The van der Waals surface area contributed by atoms with Crippen molar-refractivity contribution in [3.05, 3.63) is 11.8 Å². The maximum atomic E-state index is 5.52. The minimum Gasteiger partial charge on any atom is -0.381 e. The van der Waals surface area contributed by atoms with Crippen LogP contribution in [0.15, 0.2) is 6.07 Å². The Hall–Kier alpha value is -1.03. The lowest BCUT2D eigenvalue weighted by Gasteiger charge is -2.29. The van der Waals surface area contributed by atoms with E-state index in [0.29, 0.717) is 17.9 Å². The van der Waals surface area contributed by atoms with E-state index in [1.807, 2.05) is 0 Å². The molecule has 2 aliphatic rings. The van der Waals surface area contributed by atoms with E-state index in [1.54, 1.807) is 0 Å². The van der Waals surface area contributed by atoms with Crippen LogP contribution in [0, 0.1) is 5.92 Å². The standard InChI is InChI=1S/C13H21N3O/c1-9(2)11-7-13-14-5-3-12(16(13)15-11)10-4-6-17-8-10/h7,9-10,12,14H,3-6,8H2,1-2H3. The van der Waals surface area contributed by atoms with Crippen molar-refractivity contribution in [2.45, 2.75) is 38.6 Å². The van der Waals surface area contributed by atoms with Crippen LogP contribution in [0.5, 0.6) is 0 Å². The Labute approximate surface area is 102 Å². The van der Waals surface area contributed by atoms with Crippen molar-refractivity contribution >= 4 is 5.82 Å². The highest BCUT2D eigenvalue weighted by Gasteiger charge is 2.31. The van der Waals surface area contributed by atoms with Crippen molar-refractivity contribution in [3.8, 4) is 0 Å². The first-order valence-corrected chi connectivity index (χ1v) is 6.67. The van der Waals surface area contributed by atoms with Crippen LogP contribution in [0.2, 0.25) is 0 Å². The molecular formula is C13H21N3O. The molecular weight excluding hydrogens is 214 g/mol. The number of rotatable bonds is 2. The van der Waals surface area contributed by atoms with E-state index in [4.69, 9.17) is 9.84 Å². The molecule has 1 fully saturated rings. The summed E-state index contributed by atoms with van der Waals surface area (Å²) in [6, 6.07) is 2.73. The SMILES string of the molecule is CC(C)c1cc2n(n1)C(C1CCOC1)CCN2. The topological polar surface area (TPSA) is 39.1 Å². The molecule has 4 heteroatoms. The molecule has 0 spiro atoms. The average molecular weight is 235 g/mol. The number of nitrogens with one attached hydrogen (secondary N) is 1. The summed E-state index contributed by atoms with van der Waals surface area (Å²) in [4.78, 5) is 0. The molecule has 0 bridgehead atoms. The van der Waals surface area contributed by atoms with Gasteiger partial charge in [0, 0.05) is 25.1 Å². The Balaban J connectivity index is 1.89. The fourth-order valence-corrected chi connectivity index (χ4v) is 2.84. The second-order valence-corrected chi connectivity index (χ2v) is 5.46. The lowest BCUT2D eigenvalue weighted by molar-refractivity contribution is 0.167. The Morgan fingerprint density at radius 1 is 1.47 bits per heavy atom. The monoisotopic (exact) mass is 235 g/mol. The zero-order chi connectivity index (χ0) is 11.8. The number of nitrogens with zero attached hydrogens (tertiary/aromatic N) is 2. The van der Waals surface area contributed by atoms with E-state index in [0.717, 1.165) is 19.8 Å². The van der Waals surface area contributed by atoms with E-state index < -0.39 is 0 Å². The molecule has 2 unspecified atom stereocenters. The largest absolute Gasteiger partial charge is 0.381 e. The normalized spacial score (nSPS) is 28.2. The summed E-state index contributed by atoms with van der Waals surface area (Å²) in [6.45, 7) is 7.28. The van der Waals surface area contributed by atoms with E-state index in [2.05, 4.69) is 29.9 Å². The second kappa shape index (κ2) is 4.33. The second-order valence-electron chi connectivity index (χ2n) is 5.46.